The third-order valence-electron chi connectivity index (χ3n) is 4.71. The summed E-state index contributed by atoms with van der Waals surface area (Å²) in [6, 6.07) is 10.6. The largest absolute Gasteiger partial charge is 0.321 e. The van der Waals surface area contributed by atoms with Crippen molar-refractivity contribution in [2.24, 2.45) is 0 Å². The van der Waals surface area contributed by atoms with Crippen LogP contribution in [0.4, 0.5) is 11.4 Å². The molecule has 0 spiro atoms. The summed E-state index contributed by atoms with van der Waals surface area (Å²) in [5.74, 6) is -0.343. The maximum Gasteiger partial charge on any atom is 0.265 e. The summed E-state index contributed by atoms with van der Waals surface area (Å²) in [4.78, 5) is 26.7. The van der Waals surface area contributed by atoms with E-state index in [1.165, 1.54) is 11.3 Å². The van der Waals surface area contributed by atoms with Gasteiger partial charge in [-0.05, 0) is 63.6 Å². The van der Waals surface area contributed by atoms with E-state index in [1.807, 2.05) is 37.6 Å². The third-order valence-corrected chi connectivity index (χ3v) is 5.71. The molecule has 2 aromatic heterocycles. The Labute approximate surface area is 175 Å². The summed E-state index contributed by atoms with van der Waals surface area (Å²) >= 11 is 1.45. The van der Waals surface area contributed by atoms with Crippen LogP contribution in [0.5, 0.6) is 0 Å². The molecule has 2 amide bonds. The first kappa shape index (κ1) is 20.8. The quantitative estimate of drug-likeness (QED) is 0.564. The molecule has 2 N–H and O–H groups in total. The predicted molar refractivity (Wildman–Crippen MR) is 118 cm³/mol. The number of unbranched alkanes of at least 4 members (excludes halogenated alkanes) is 1. The first-order chi connectivity index (χ1) is 13.9. The van der Waals surface area contributed by atoms with Gasteiger partial charge in [-0.1, -0.05) is 13.3 Å². The molecule has 152 valence electrons. The number of carbonyl (C=O) groups excluding carboxylic acids is 2. The molecular weight excluding hydrogens is 384 g/mol. The van der Waals surface area contributed by atoms with Crippen molar-refractivity contribution in [2.75, 3.05) is 10.6 Å². The second-order valence-corrected chi connectivity index (χ2v) is 8.31. The summed E-state index contributed by atoms with van der Waals surface area (Å²) in [6.07, 6.45) is 2.14. The van der Waals surface area contributed by atoms with E-state index >= 15 is 0 Å². The van der Waals surface area contributed by atoms with Crippen LogP contribution in [-0.2, 0) is 6.54 Å². The molecular formula is C22H26N4O2S. The highest BCUT2D eigenvalue weighted by Crippen LogP contribution is 2.22. The van der Waals surface area contributed by atoms with Gasteiger partial charge in [-0.3, -0.25) is 14.3 Å². The van der Waals surface area contributed by atoms with Crippen molar-refractivity contribution in [3.05, 3.63) is 63.1 Å². The molecule has 0 unspecified atom stereocenters. The molecule has 7 heteroatoms. The van der Waals surface area contributed by atoms with Gasteiger partial charge in [-0.25, -0.2) is 0 Å². The summed E-state index contributed by atoms with van der Waals surface area (Å²) in [6.45, 7) is 8.82. The van der Waals surface area contributed by atoms with Gasteiger partial charge in [0.25, 0.3) is 11.8 Å². The molecule has 6 nitrogen and oxygen atoms in total. The Morgan fingerprint density at radius 2 is 1.72 bits per heavy atom. The predicted octanol–water partition coefficient (Wildman–Crippen LogP) is 5.17. The summed E-state index contributed by atoms with van der Waals surface area (Å²) in [5.41, 5.74) is 3.70. The van der Waals surface area contributed by atoms with Crippen molar-refractivity contribution in [3.63, 3.8) is 0 Å². The van der Waals surface area contributed by atoms with Crippen LogP contribution < -0.4 is 10.6 Å². The Kier molecular flexibility index (Phi) is 6.49. The molecule has 0 aliphatic heterocycles. The zero-order valence-corrected chi connectivity index (χ0v) is 18.0. The highest BCUT2D eigenvalue weighted by atomic mass is 32.1. The van der Waals surface area contributed by atoms with Crippen molar-refractivity contribution in [2.45, 2.75) is 47.1 Å². The van der Waals surface area contributed by atoms with Crippen LogP contribution in [0.15, 0.2) is 36.4 Å². The number of amides is 2. The van der Waals surface area contributed by atoms with Crippen molar-refractivity contribution in [3.8, 4) is 0 Å². The lowest BCUT2D eigenvalue weighted by atomic mass is 10.2. The second-order valence-electron chi connectivity index (χ2n) is 7.02. The smallest absolute Gasteiger partial charge is 0.265 e. The van der Waals surface area contributed by atoms with Gasteiger partial charge in [-0.15, -0.1) is 11.3 Å². The minimum absolute atomic E-state index is 0.147. The topological polar surface area (TPSA) is 76.0 Å². The lowest BCUT2D eigenvalue weighted by Gasteiger charge is -2.08. The van der Waals surface area contributed by atoms with E-state index in [0.717, 1.165) is 41.3 Å². The first-order valence-corrected chi connectivity index (χ1v) is 10.5. The van der Waals surface area contributed by atoms with Crippen LogP contribution >= 0.6 is 11.3 Å². The first-order valence-electron chi connectivity index (χ1n) is 9.72. The van der Waals surface area contributed by atoms with Crippen LogP contribution in [0.25, 0.3) is 0 Å². The molecule has 3 rings (SSSR count). The number of hydrogen-bond donors (Lipinski definition) is 2. The molecule has 0 fully saturated rings. The Hall–Kier alpha value is -2.93. The van der Waals surface area contributed by atoms with Crippen molar-refractivity contribution >= 4 is 34.5 Å². The second kappa shape index (κ2) is 9.05. The Balaban J connectivity index is 1.66. The monoisotopic (exact) mass is 410 g/mol. The maximum atomic E-state index is 12.7. The standard InChI is InChI=1S/C22H26N4O2S/c1-5-6-13-26-16(4)20(15(3)25-26)24-21(27)17-8-10-18(11-9-17)23-22(28)19-12-7-14(2)29-19/h7-12H,5-6,13H2,1-4H3,(H,23,28)(H,24,27). The van der Waals surface area contributed by atoms with Crippen molar-refractivity contribution in [1.29, 1.82) is 0 Å². The van der Waals surface area contributed by atoms with Crippen LogP contribution in [0.2, 0.25) is 0 Å². The Morgan fingerprint density at radius 3 is 2.34 bits per heavy atom. The molecule has 3 aromatic rings. The zero-order chi connectivity index (χ0) is 21.0. The molecule has 1 aromatic carbocycles. The van der Waals surface area contributed by atoms with E-state index in [0.29, 0.717) is 16.1 Å². The van der Waals surface area contributed by atoms with Gasteiger partial charge in [-0.2, -0.15) is 5.10 Å². The normalized spacial score (nSPS) is 10.8. The number of carbonyl (C=O) groups is 2. The summed E-state index contributed by atoms with van der Waals surface area (Å²) in [7, 11) is 0. The number of anilines is 2. The van der Waals surface area contributed by atoms with Crippen LogP contribution in [-0.4, -0.2) is 21.6 Å². The highest BCUT2D eigenvalue weighted by Gasteiger charge is 2.15. The van der Waals surface area contributed by atoms with Crippen LogP contribution in [0.3, 0.4) is 0 Å². The fraction of sp³-hybridized carbons (Fsp3) is 0.318. The van der Waals surface area contributed by atoms with E-state index in [2.05, 4.69) is 22.7 Å². The fourth-order valence-corrected chi connectivity index (χ4v) is 3.81. The van der Waals surface area contributed by atoms with Crippen molar-refractivity contribution < 1.29 is 9.59 Å². The Morgan fingerprint density at radius 1 is 1.00 bits per heavy atom. The van der Waals surface area contributed by atoms with Crippen LogP contribution in [0, 0.1) is 20.8 Å². The lowest BCUT2D eigenvalue weighted by molar-refractivity contribution is 0.102. The van der Waals surface area contributed by atoms with Gasteiger partial charge in [0, 0.05) is 22.7 Å². The number of rotatable bonds is 7. The Bertz CT molecular complexity index is 1020. The van der Waals surface area contributed by atoms with E-state index < -0.39 is 0 Å². The molecule has 0 aliphatic carbocycles. The maximum absolute atomic E-state index is 12.7. The molecule has 0 atom stereocenters. The summed E-state index contributed by atoms with van der Waals surface area (Å²) < 4.78 is 1.94. The fourth-order valence-electron chi connectivity index (χ4n) is 3.04. The lowest BCUT2D eigenvalue weighted by Crippen LogP contribution is -2.14. The van der Waals surface area contributed by atoms with E-state index in [9.17, 15) is 9.59 Å². The number of hydrogen-bond acceptors (Lipinski definition) is 4. The molecule has 0 saturated carbocycles. The highest BCUT2D eigenvalue weighted by molar-refractivity contribution is 7.14. The minimum atomic E-state index is -0.196. The number of aromatic nitrogens is 2. The zero-order valence-electron chi connectivity index (χ0n) is 17.2. The molecule has 29 heavy (non-hydrogen) atoms. The minimum Gasteiger partial charge on any atom is -0.321 e. The van der Waals surface area contributed by atoms with E-state index in [4.69, 9.17) is 0 Å². The number of aryl methyl sites for hydroxylation is 3. The molecule has 0 radical (unpaired) electrons. The van der Waals surface area contributed by atoms with Gasteiger partial charge in [0.15, 0.2) is 0 Å². The number of thiophene rings is 1. The molecule has 0 saturated heterocycles. The number of nitrogens with zero attached hydrogens (tertiary/aromatic N) is 2. The van der Waals surface area contributed by atoms with Gasteiger partial charge in [0.1, 0.15) is 0 Å². The average Bonchev–Trinajstić information content (AvgIpc) is 3.25. The van der Waals surface area contributed by atoms with Gasteiger partial charge in [0.05, 0.1) is 22.0 Å². The van der Waals surface area contributed by atoms with E-state index in [-0.39, 0.29) is 11.8 Å². The average molecular weight is 411 g/mol. The third kappa shape index (κ3) is 4.92. The molecule has 0 aliphatic rings. The van der Waals surface area contributed by atoms with Crippen LogP contribution in [0.1, 0.15) is 56.1 Å². The molecule has 0 bridgehead atoms. The molecule has 2 heterocycles. The van der Waals surface area contributed by atoms with E-state index in [1.54, 1.807) is 24.3 Å². The SMILES string of the molecule is CCCCn1nc(C)c(NC(=O)c2ccc(NC(=O)c3ccc(C)s3)cc2)c1C. The number of benzene rings is 1. The summed E-state index contributed by atoms with van der Waals surface area (Å²) in [5, 5.41) is 10.4. The van der Waals surface area contributed by atoms with Gasteiger partial charge in [0.2, 0.25) is 0 Å². The van der Waals surface area contributed by atoms with Crippen molar-refractivity contribution in [1.82, 2.24) is 9.78 Å². The number of nitrogens with one attached hydrogen (secondary N) is 2. The van der Waals surface area contributed by atoms with Gasteiger partial charge >= 0.3 is 0 Å². The van der Waals surface area contributed by atoms with Gasteiger partial charge < -0.3 is 10.6 Å².